The van der Waals surface area contributed by atoms with Crippen molar-refractivity contribution in [3.8, 4) is 5.75 Å². The second kappa shape index (κ2) is 9.59. The molecule has 7 nitrogen and oxygen atoms in total. The molecule has 2 aliphatic heterocycles. The summed E-state index contributed by atoms with van der Waals surface area (Å²) in [5, 5.41) is 0. The Kier molecular flexibility index (Phi) is 7.14. The van der Waals surface area contributed by atoms with Gasteiger partial charge in [0.2, 0.25) is 11.8 Å². The first-order valence-corrected chi connectivity index (χ1v) is 10.4. The van der Waals surface area contributed by atoms with Crippen LogP contribution in [0.25, 0.3) is 0 Å². The standard InChI is InChI=1S/C22H34N4O3/c1-23(2)19-9-8-18(14-24(3)15-19)22(28)26-11-10-25(21(27)16-26)13-17-6-5-7-20(12-17)29-4/h5-7,12,18-19H,8-11,13-16H2,1-4H3/t18-,19+/m1/s1. The number of hydrogen-bond acceptors (Lipinski definition) is 5. The van der Waals surface area contributed by atoms with Gasteiger partial charge in [-0.1, -0.05) is 12.1 Å². The van der Waals surface area contributed by atoms with Crippen LogP contribution < -0.4 is 4.74 Å². The predicted molar refractivity (Wildman–Crippen MR) is 113 cm³/mol. The highest BCUT2D eigenvalue weighted by Crippen LogP contribution is 2.22. The quantitative estimate of drug-likeness (QED) is 0.739. The maximum Gasteiger partial charge on any atom is 0.242 e. The molecular weight excluding hydrogens is 368 g/mol. The fourth-order valence-corrected chi connectivity index (χ4v) is 4.32. The van der Waals surface area contributed by atoms with Crippen molar-refractivity contribution in [1.29, 1.82) is 0 Å². The Morgan fingerprint density at radius 3 is 2.69 bits per heavy atom. The second-order valence-electron chi connectivity index (χ2n) is 8.54. The van der Waals surface area contributed by atoms with Gasteiger partial charge in [0.1, 0.15) is 5.75 Å². The van der Waals surface area contributed by atoms with Crippen molar-refractivity contribution >= 4 is 11.8 Å². The van der Waals surface area contributed by atoms with Crippen molar-refractivity contribution < 1.29 is 14.3 Å². The third kappa shape index (κ3) is 5.48. The SMILES string of the molecule is COc1cccc(CN2CCN(C(=O)[C@@H]3CC[C@H](N(C)C)CN(C)C3)CC2=O)c1. The largest absolute Gasteiger partial charge is 0.497 e. The van der Waals surface area contributed by atoms with Gasteiger partial charge in [-0.2, -0.15) is 0 Å². The van der Waals surface area contributed by atoms with Crippen LogP contribution in [0.1, 0.15) is 18.4 Å². The number of nitrogens with zero attached hydrogens (tertiary/aromatic N) is 4. The lowest BCUT2D eigenvalue weighted by Crippen LogP contribution is -2.53. The zero-order valence-electron chi connectivity index (χ0n) is 18.1. The molecule has 2 saturated heterocycles. The van der Waals surface area contributed by atoms with E-state index in [1.54, 1.807) is 12.0 Å². The van der Waals surface area contributed by atoms with Crippen molar-refractivity contribution in [2.75, 3.05) is 61.0 Å². The number of likely N-dealkylation sites (tertiary alicyclic amines) is 1. The Morgan fingerprint density at radius 1 is 1.21 bits per heavy atom. The van der Waals surface area contributed by atoms with E-state index in [2.05, 4.69) is 30.9 Å². The van der Waals surface area contributed by atoms with Crippen LogP contribution in [0.4, 0.5) is 0 Å². The molecule has 0 unspecified atom stereocenters. The lowest BCUT2D eigenvalue weighted by Gasteiger charge is -2.36. The van der Waals surface area contributed by atoms with Gasteiger partial charge in [-0.05, 0) is 51.7 Å². The number of piperazine rings is 1. The van der Waals surface area contributed by atoms with Gasteiger partial charge in [0.25, 0.3) is 0 Å². The fraction of sp³-hybridized carbons (Fsp3) is 0.636. The van der Waals surface area contributed by atoms with Gasteiger partial charge in [0.15, 0.2) is 0 Å². The Hall–Kier alpha value is -2.12. The smallest absolute Gasteiger partial charge is 0.242 e. The zero-order valence-corrected chi connectivity index (χ0v) is 18.1. The molecule has 2 atom stereocenters. The first-order valence-electron chi connectivity index (χ1n) is 10.4. The molecule has 0 radical (unpaired) electrons. The average molecular weight is 403 g/mol. The van der Waals surface area contributed by atoms with E-state index in [9.17, 15) is 9.59 Å². The molecule has 7 heteroatoms. The number of methoxy groups -OCH3 is 1. The molecule has 0 aromatic heterocycles. The minimum absolute atomic E-state index is 0.0144. The number of likely N-dealkylation sites (N-methyl/N-ethyl adjacent to an activating group) is 2. The minimum Gasteiger partial charge on any atom is -0.497 e. The number of carbonyl (C=O) groups excluding carboxylic acids is 2. The highest BCUT2D eigenvalue weighted by atomic mass is 16.5. The summed E-state index contributed by atoms with van der Waals surface area (Å²) in [6, 6.07) is 8.25. The van der Waals surface area contributed by atoms with Gasteiger partial charge in [-0.25, -0.2) is 0 Å². The summed E-state index contributed by atoms with van der Waals surface area (Å²) >= 11 is 0. The van der Waals surface area contributed by atoms with Gasteiger partial charge >= 0.3 is 0 Å². The summed E-state index contributed by atoms with van der Waals surface area (Å²) in [7, 11) is 7.92. The van der Waals surface area contributed by atoms with Gasteiger partial charge in [-0.3, -0.25) is 9.59 Å². The van der Waals surface area contributed by atoms with Crippen molar-refractivity contribution in [2.45, 2.75) is 25.4 Å². The lowest BCUT2D eigenvalue weighted by molar-refractivity contribution is -0.148. The molecule has 160 valence electrons. The van der Waals surface area contributed by atoms with Crippen LogP contribution in [-0.2, 0) is 16.1 Å². The van der Waals surface area contributed by atoms with E-state index in [1.807, 2.05) is 29.2 Å². The summed E-state index contributed by atoms with van der Waals surface area (Å²) in [5.41, 5.74) is 1.04. The Bertz CT molecular complexity index is 724. The van der Waals surface area contributed by atoms with E-state index < -0.39 is 0 Å². The molecule has 29 heavy (non-hydrogen) atoms. The van der Waals surface area contributed by atoms with Crippen LogP contribution in [0.2, 0.25) is 0 Å². The number of rotatable bonds is 5. The highest BCUT2D eigenvalue weighted by Gasteiger charge is 2.34. The summed E-state index contributed by atoms with van der Waals surface area (Å²) in [6.07, 6.45) is 1.89. The van der Waals surface area contributed by atoms with E-state index in [0.29, 0.717) is 25.7 Å². The molecular formula is C22H34N4O3. The Morgan fingerprint density at radius 2 is 2.00 bits per heavy atom. The molecule has 3 rings (SSSR count). The molecule has 2 amide bonds. The van der Waals surface area contributed by atoms with E-state index in [0.717, 1.165) is 37.2 Å². The topological polar surface area (TPSA) is 56.3 Å². The maximum absolute atomic E-state index is 13.1. The third-order valence-electron chi connectivity index (χ3n) is 6.12. The van der Waals surface area contributed by atoms with Crippen LogP contribution in [-0.4, -0.2) is 98.4 Å². The number of benzene rings is 1. The lowest BCUT2D eigenvalue weighted by atomic mass is 9.99. The number of carbonyl (C=O) groups is 2. The second-order valence-corrected chi connectivity index (χ2v) is 8.54. The van der Waals surface area contributed by atoms with Crippen LogP contribution in [0.15, 0.2) is 24.3 Å². The van der Waals surface area contributed by atoms with Gasteiger partial charge in [-0.15, -0.1) is 0 Å². The third-order valence-corrected chi connectivity index (χ3v) is 6.12. The van der Waals surface area contributed by atoms with E-state index in [-0.39, 0.29) is 24.3 Å². The van der Waals surface area contributed by atoms with Crippen LogP contribution in [0.3, 0.4) is 0 Å². The van der Waals surface area contributed by atoms with Crippen molar-refractivity contribution in [1.82, 2.24) is 19.6 Å². The van der Waals surface area contributed by atoms with Crippen molar-refractivity contribution in [3.63, 3.8) is 0 Å². The molecule has 0 aliphatic carbocycles. The first-order chi connectivity index (χ1) is 13.9. The Labute approximate surface area is 174 Å². The molecule has 0 bridgehead atoms. The predicted octanol–water partition coefficient (Wildman–Crippen LogP) is 1.14. The summed E-state index contributed by atoms with van der Waals surface area (Å²) < 4.78 is 5.26. The van der Waals surface area contributed by atoms with Gasteiger partial charge in [0.05, 0.1) is 19.6 Å². The normalized spacial score (nSPS) is 24.0. The summed E-state index contributed by atoms with van der Waals surface area (Å²) in [5.74, 6) is 0.908. The number of ether oxygens (including phenoxy) is 1. The Balaban J connectivity index is 1.57. The number of hydrogen-bond donors (Lipinski definition) is 0. The molecule has 1 aromatic rings. The molecule has 2 heterocycles. The average Bonchev–Trinajstić information content (AvgIpc) is 2.91. The summed E-state index contributed by atoms with van der Waals surface area (Å²) in [6.45, 7) is 3.65. The van der Waals surface area contributed by atoms with E-state index in [1.165, 1.54) is 0 Å². The van der Waals surface area contributed by atoms with Crippen molar-refractivity contribution in [2.24, 2.45) is 5.92 Å². The fourth-order valence-electron chi connectivity index (χ4n) is 4.32. The molecule has 2 aliphatic rings. The first kappa shape index (κ1) is 21.6. The van der Waals surface area contributed by atoms with Crippen LogP contribution in [0, 0.1) is 5.92 Å². The van der Waals surface area contributed by atoms with Gasteiger partial charge in [0, 0.05) is 38.8 Å². The minimum atomic E-state index is -0.0253. The van der Waals surface area contributed by atoms with Crippen LogP contribution >= 0.6 is 0 Å². The van der Waals surface area contributed by atoms with Gasteiger partial charge < -0.3 is 24.3 Å². The van der Waals surface area contributed by atoms with Crippen molar-refractivity contribution in [3.05, 3.63) is 29.8 Å². The van der Waals surface area contributed by atoms with E-state index >= 15 is 0 Å². The number of amides is 2. The highest BCUT2D eigenvalue weighted by molar-refractivity contribution is 5.87. The maximum atomic E-state index is 13.1. The van der Waals surface area contributed by atoms with E-state index in [4.69, 9.17) is 4.74 Å². The molecule has 2 fully saturated rings. The molecule has 0 N–H and O–H groups in total. The monoisotopic (exact) mass is 402 g/mol. The molecule has 0 saturated carbocycles. The summed E-state index contributed by atoms with van der Waals surface area (Å²) in [4.78, 5) is 33.9. The zero-order chi connectivity index (χ0) is 21.0. The molecule has 1 aromatic carbocycles. The van der Waals surface area contributed by atoms with Crippen LogP contribution in [0.5, 0.6) is 5.75 Å². The molecule has 0 spiro atoms.